The van der Waals surface area contributed by atoms with E-state index in [-0.39, 0.29) is 18.9 Å². The van der Waals surface area contributed by atoms with E-state index in [1.165, 1.54) is 0 Å². The van der Waals surface area contributed by atoms with Crippen molar-refractivity contribution in [3.63, 3.8) is 0 Å². The van der Waals surface area contributed by atoms with E-state index in [4.69, 9.17) is 27.7 Å². The number of amides is 1. The highest BCUT2D eigenvalue weighted by atomic mass is 35.5. The smallest absolute Gasteiger partial charge is 0.224 e. The van der Waals surface area contributed by atoms with E-state index in [9.17, 15) is 9.90 Å². The van der Waals surface area contributed by atoms with Gasteiger partial charge in [-0.3, -0.25) is 4.79 Å². The van der Waals surface area contributed by atoms with Crippen LogP contribution < -0.4 is 5.32 Å². The quantitative estimate of drug-likeness (QED) is 0.875. The van der Waals surface area contributed by atoms with Crippen LogP contribution in [-0.4, -0.2) is 22.7 Å². The van der Waals surface area contributed by atoms with Crippen LogP contribution in [0.1, 0.15) is 28.7 Å². The molecule has 2 aromatic rings. The van der Waals surface area contributed by atoms with Gasteiger partial charge in [0.1, 0.15) is 5.76 Å². The number of hydrogen-bond donors (Lipinski definition) is 2. The van der Waals surface area contributed by atoms with Crippen LogP contribution in [0.15, 0.2) is 22.7 Å². The molecule has 2 N–H and O–H groups in total. The number of halogens is 2. The number of aliphatic hydroxyl groups is 1. The molecule has 22 heavy (non-hydrogen) atoms. The van der Waals surface area contributed by atoms with Gasteiger partial charge in [-0.25, -0.2) is 0 Å². The zero-order valence-electron chi connectivity index (χ0n) is 12.2. The summed E-state index contributed by atoms with van der Waals surface area (Å²) in [6.45, 7) is 3.59. The number of aromatic nitrogens is 1. The molecule has 0 fully saturated rings. The van der Waals surface area contributed by atoms with Crippen molar-refractivity contribution in [2.45, 2.75) is 26.4 Å². The van der Waals surface area contributed by atoms with Crippen LogP contribution in [0.25, 0.3) is 0 Å². The molecule has 0 saturated heterocycles. The first-order valence-electron chi connectivity index (χ1n) is 6.70. The molecule has 2 rings (SSSR count). The molecule has 1 amide bonds. The average molecular weight is 343 g/mol. The third kappa shape index (κ3) is 4.00. The molecule has 1 aromatic heterocycles. The molecule has 0 aliphatic carbocycles. The molecular weight excluding hydrogens is 327 g/mol. The van der Waals surface area contributed by atoms with E-state index in [1.54, 1.807) is 32.0 Å². The predicted octanol–water partition coefficient (Wildman–Crippen LogP) is 2.99. The van der Waals surface area contributed by atoms with Crippen LogP contribution in [0, 0.1) is 13.8 Å². The molecule has 0 aliphatic heterocycles. The molecule has 5 nitrogen and oxygen atoms in total. The van der Waals surface area contributed by atoms with Crippen LogP contribution in [-0.2, 0) is 11.2 Å². The second-order valence-corrected chi connectivity index (χ2v) is 5.81. The van der Waals surface area contributed by atoms with Gasteiger partial charge in [0.05, 0.1) is 18.2 Å². The fourth-order valence-corrected chi connectivity index (χ4v) is 2.60. The third-order valence-corrected chi connectivity index (χ3v) is 3.90. The molecule has 7 heteroatoms. The Labute approximate surface area is 138 Å². The Morgan fingerprint density at radius 2 is 2.14 bits per heavy atom. The molecule has 0 aliphatic rings. The summed E-state index contributed by atoms with van der Waals surface area (Å²) in [5.74, 6) is 0.396. The van der Waals surface area contributed by atoms with Gasteiger partial charge in [0.15, 0.2) is 0 Å². The minimum absolute atomic E-state index is 0.0591. The summed E-state index contributed by atoms with van der Waals surface area (Å²) in [5.41, 5.74) is 1.97. The maximum Gasteiger partial charge on any atom is 0.224 e. The van der Waals surface area contributed by atoms with Crippen molar-refractivity contribution < 1.29 is 14.4 Å². The molecule has 0 bridgehead atoms. The Hall–Kier alpha value is -1.56. The highest BCUT2D eigenvalue weighted by Gasteiger charge is 2.16. The zero-order chi connectivity index (χ0) is 16.3. The van der Waals surface area contributed by atoms with Gasteiger partial charge >= 0.3 is 0 Å². The van der Waals surface area contributed by atoms with Crippen molar-refractivity contribution >= 4 is 29.1 Å². The average Bonchev–Trinajstić information content (AvgIpc) is 2.76. The summed E-state index contributed by atoms with van der Waals surface area (Å²) >= 11 is 11.8. The number of nitrogens with one attached hydrogen (secondary N) is 1. The highest BCUT2D eigenvalue weighted by Crippen LogP contribution is 2.25. The number of aryl methyl sites for hydroxylation is 2. The summed E-state index contributed by atoms with van der Waals surface area (Å²) in [5, 5.41) is 17.4. The van der Waals surface area contributed by atoms with Crippen LogP contribution in [0.3, 0.4) is 0 Å². The van der Waals surface area contributed by atoms with Crippen LogP contribution >= 0.6 is 23.2 Å². The minimum Gasteiger partial charge on any atom is -0.387 e. The third-order valence-electron chi connectivity index (χ3n) is 3.33. The lowest BCUT2D eigenvalue weighted by Gasteiger charge is -2.14. The van der Waals surface area contributed by atoms with E-state index >= 15 is 0 Å². The molecule has 0 radical (unpaired) electrons. The fourth-order valence-electron chi connectivity index (χ4n) is 2.07. The van der Waals surface area contributed by atoms with E-state index < -0.39 is 6.10 Å². The summed E-state index contributed by atoms with van der Waals surface area (Å²) in [6, 6.07) is 4.82. The van der Waals surface area contributed by atoms with Gasteiger partial charge < -0.3 is 14.9 Å². The van der Waals surface area contributed by atoms with Crippen LogP contribution in [0.4, 0.5) is 0 Å². The van der Waals surface area contributed by atoms with Crippen molar-refractivity contribution in [3.05, 3.63) is 50.8 Å². The largest absolute Gasteiger partial charge is 0.387 e. The standard InChI is InChI=1S/C15H16Cl2N2O3/c1-8-12(9(2)22-19-8)6-15(21)18-7-14(20)11-4-3-10(16)5-13(11)17/h3-5,14,20H,6-7H2,1-2H3,(H,18,21). The number of aliphatic hydroxyl groups excluding tert-OH is 1. The van der Waals surface area contributed by atoms with Gasteiger partial charge in [0, 0.05) is 27.7 Å². The molecule has 0 saturated carbocycles. The normalized spacial score (nSPS) is 12.2. The van der Waals surface area contributed by atoms with E-state index in [2.05, 4.69) is 10.5 Å². The second kappa shape index (κ2) is 7.13. The number of hydrogen-bond acceptors (Lipinski definition) is 4. The van der Waals surface area contributed by atoms with Crippen molar-refractivity contribution in [1.29, 1.82) is 0 Å². The Morgan fingerprint density at radius 3 is 2.73 bits per heavy atom. The zero-order valence-corrected chi connectivity index (χ0v) is 13.7. The summed E-state index contributed by atoms with van der Waals surface area (Å²) in [7, 11) is 0. The maximum atomic E-state index is 11.9. The van der Waals surface area contributed by atoms with Crippen LogP contribution in [0.2, 0.25) is 10.0 Å². The maximum absolute atomic E-state index is 11.9. The van der Waals surface area contributed by atoms with Crippen LogP contribution in [0.5, 0.6) is 0 Å². The molecular formula is C15H16Cl2N2O3. The van der Waals surface area contributed by atoms with E-state index in [1.807, 2.05) is 0 Å². The summed E-state index contributed by atoms with van der Waals surface area (Å²) in [6.07, 6.45) is -0.749. The van der Waals surface area contributed by atoms with Gasteiger partial charge in [-0.05, 0) is 26.0 Å². The molecule has 118 valence electrons. The topological polar surface area (TPSA) is 75.4 Å². The number of carbonyl (C=O) groups excluding carboxylic acids is 1. The van der Waals surface area contributed by atoms with E-state index in [0.29, 0.717) is 27.1 Å². The van der Waals surface area contributed by atoms with Crippen molar-refractivity contribution in [3.8, 4) is 0 Å². The lowest BCUT2D eigenvalue weighted by Crippen LogP contribution is -2.30. The Bertz CT molecular complexity index is 666. The molecule has 1 atom stereocenters. The highest BCUT2D eigenvalue weighted by molar-refractivity contribution is 6.35. The predicted molar refractivity (Wildman–Crippen MR) is 84.1 cm³/mol. The molecule has 1 unspecified atom stereocenters. The molecule has 0 spiro atoms. The van der Waals surface area contributed by atoms with Gasteiger partial charge in [0.2, 0.25) is 5.91 Å². The van der Waals surface area contributed by atoms with Crippen molar-refractivity contribution in [2.24, 2.45) is 0 Å². The first-order chi connectivity index (χ1) is 10.4. The van der Waals surface area contributed by atoms with Crippen molar-refractivity contribution in [2.75, 3.05) is 6.54 Å². The van der Waals surface area contributed by atoms with Crippen molar-refractivity contribution in [1.82, 2.24) is 10.5 Å². The van der Waals surface area contributed by atoms with Gasteiger partial charge in [-0.15, -0.1) is 0 Å². The number of benzene rings is 1. The fraction of sp³-hybridized carbons (Fsp3) is 0.333. The Morgan fingerprint density at radius 1 is 1.41 bits per heavy atom. The first-order valence-corrected chi connectivity index (χ1v) is 7.45. The molecule has 1 aromatic carbocycles. The Kier molecular flexibility index (Phi) is 5.45. The second-order valence-electron chi connectivity index (χ2n) is 4.97. The van der Waals surface area contributed by atoms with E-state index in [0.717, 1.165) is 5.56 Å². The lowest BCUT2D eigenvalue weighted by atomic mass is 10.1. The first kappa shape index (κ1) is 16.8. The van der Waals surface area contributed by atoms with Gasteiger partial charge in [0.25, 0.3) is 0 Å². The monoisotopic (exact) mass is 342 g/mol. The molecule has 1 heterocycles. The summed E-state index contributed by atoms with van der Waals surface area (Å²) in [4.78, 5) is 11.9. The Balaban J connectivity index is 1.93. The lowest BCUT2D eigenvalue weighted by molar-refractivity contribution is -0.120. The number of nitrogens with zero attached hydrogens (tertiary/aromatic N) is 1. The van der Waals surface area contributed by atoms with Gasteiger partial charge in [-0.1, -0.05) is 34.4 Å². The number of rotatable bonds is 5. The summed E-state index contributed by atoms with van der Waals surface area (Å²) < 4.78 is 5.01. The number of carbonyl (C=O) groups is 1. The van der Waals surface area contributed by atoms with Gasteiger partial charge in [-0.2, -0.15) is 0 Å². The SMILES string of the molecule is Cc1noc(C)c1CC(=O)NCC(O)c1ccc(Cl)cc1Cl. The minimum atomic E-state index is -0.904.